The van der Waals surface area contributed by atoms with Crippen LogP contribution in [0.1, 0.15) is 15.4 Å². The number of rotatable bonds is 1. The summed E-state index contributed by atoms with van der Waals surface area (Å²) in [6, 6.07) is 1.49. The van der Waals surface area contributed by atoms with Crippen LogP contribution in [-0.4, -0.2) is 27.7 Å². The van der Waals surface area contributed by atoms with Crippen LogP contribution in [0.4, 0.5) is 23.1 Å². The molecule has 112 valence electrons. The number of nitrogens with zero attached hydrogens (tertiary/aromatic N) is 3. The number of urea groups is 1. The van der Waals surface area contributed by atoms with E-state index in [9.17, 15) is 18.0 Å². The van der Waals surface area contributed by atoms with Crippen molar-refractivity contribution in [2.45, 2.75) is 19.1 Å². The van der Waals surface area contributed by atoms with Gasteiger partial charge >= 0.3 is 12.2 Å². The molecule has 1 aliphatic heterocycles. The Labute approximate surface area is 125 Å². The number of fused-ring (bicyclic) bond motifs is 1. The molecule has 10 heteroatoms. The van der Waals surface area contributed by atoms with Gasteiger partial charge in [-0.15, -0.1) is 21.5 Å². The number of amides is 2. The average Bonchev–Trinajstić information content (AvgIpc) is 3.04. The molecular weight excluding hydrogens is 325 g/mol. The van der Waals surface area contributed by atoms with Crippen LogP contribution in [0.5, 0.6) is 0 Å². The van der Waals surface area contributed by atoms with Crippen molar-refractivity contribution in [3.63, 3.8) is 0 Å². The Bertz CT molecular complexity index is 666. The summed E-state index contributed by atoms with van der Waals surface area (Å²) in [5.41, 5.74) is 1.08. The van der Waals surface area contributed by atoms with Crippen LogP contribution in [0.3, 0.4) is 0 Å². The topological polar surface area (TPSA) is 58.1 Å². The first-order valence-electron chi connectivity index (χ1n) is 5.95. The van der Waals surface area contributed by atoms with Gasteiger partial charge in [0.2, 0.25) is 10.1 Å². The summed E-state index contributed by atoms with van der Waals surface area (Å²) in [6.45, 7) is 0.986. The van der Waals surface area contributed by atoms with Crippen LogP contribution in [0.25, 0.3) is 0 Å². The van der Waals surface area contributed by atoms with E-state index in [0.29, 0.717) is 24.4 Å². The molecule has 0 bridgehead atoms. The molecule has 2 amide bonds. The third-order valence-corrected chi connectivity index (χ3v) is 4.88. The third-order valence-electron chi connectivity index (χ3n) is 2.98. The number of aromatic nitrogens is 2. The molecule has 2 aromatic rings. The molecule has 0 atom stereocenters. The Hall–Kier alpha value is -1.68. The van der Waals surface area contributed by atoms with Crippen LogP contribution >= 0.6 is 22.7 Å². The third kappa shape index (κ3) is 3.00. The molecule has 0 spiro atoms. The second kappa shape index (κ2) is 5.26. The minimum absolute atomic E-state index is 0.150. The lowest BCUT2D eigenvalue weighted by Crippen LogP contribution is -2.38. The predicted octanol–water partition coefficient (Wildman–Crippen LogP) is 3.21. The number of carbonyl (C=O) groups is 1. The Morgan fingerprint density at radius 2 is 2.19 bits per heavy atom. The first kappa shape index (κ1) is 14.3. The summed E-state index contributed by atoms with van der Waals surface area (Å²) in [4.78, 5) is 14.8. The lowest BCUT2D eigenvalue weighted by atomic mass is 10.1. The zero-order valence-corrected chi connectivity index (χ0v) is 12.1. The first-order chi connectivity index (χ1) is 9.93. The number of anilines is 1. The number of hydrogen-bond donors (Lipinski definition) is 1. The van der Waals surface area contributed by atoms with Crippen molar-refractivity contribution in [1.29, 1.82) is 0 Å². The summed E-state index contributed by atoms with van der Waals surface area (Å²) in [6.07, 6.45) is -3.79. The molecular formula is C11H9F3N4OS2. The fourth-order valence-electron chi connectivity index (χ4n) is 1.98. The van der Waals surface area contributed by atoms with Gasteiger partial charge in [-0.2, -0.15) is 13.2 Å². The Kier molecular flexibility index (Phi) is 3.57. The van der Waals surface area contributed by atoms with Crippen LogP contribution < -0.4 is 5.32 Å². The van der Waals surface area contributed by atoms with Crippen molar-refractivity contribution in [1.82, 2.24) is 15.1 Å². The van der Waals surface area contributed by atoms with Crippen LogP contribution in [0.15, 0.2) is 11.4 Å². The van der Waals surface area contributed by atoms with E-state index in [1.165, 1.54) is 4.88 Å². The highest BCUT2D eigenvalue weighted by atomic mass is 32.1. The van der Waals surface area contributed by atoms with Gasteiger partial charge in [0, 0.05) is 18.0 Å². The van der Waals surface area contributed by atoms with Gasteiger partial charge in [-0.3, -0.25) is 5.32 Å². The van der Waals surface area contributed by atoms with Crippen LogP contribution in [0.2, 0.25) is 0 Å². The van der Waals surface area contributed by atoms with E-state index in [-0.39, 0.29) is 5.13 Å². The maximum absolute atomic E-state index is 12.4. The molecule has 3 heterocycles. The van der Waals surface area contributed by atoms with Gasteiger partial charge in [-0.1, -0.05) is 11.3 Å². The van der Waals surface area contributed by atoms with Gasteiger partial charge in [-0.05, 0) is 23.4 Å². The van der Waals surface area contributed by atoms with Gasteiger partial charge < -0.3 is 4.90 Å². The number of hydrogen-bond acceptors (Lipinski definition) is 5. The molecule has 21 heavy (non-hydrogen) atoms. The standard InChI is InChI=1S/C11H9F3N4OS2/c12-11(13,14)8-16-17-9(21-8)15-10(19)18-3-1-7-6(5-18)2-4-20-7/h2,4H,1,3,5H2,(H,15,17,19). The van der Waals surface area contributed by atoms with E-state index in [2.05, 4.69) is 15.5 Å². The molecule has 0 fully saturated rings. The summed E-state index contributed by atoms with van der Waals surface area (Å²) < 4.78 is 37.2. The highest BCUT2D eigenvalue weighted by Gasteiger charge is 2.36. The Morgan fingerprint density at radius 1 is 1.38 bits per heavy atom. The minimum atomic E-state index is -4.54. The minimum Gasteiger partial charge on any atom is -0.320 e. The van der Waals surface area contributed by atoms with Crippen LogP contribution in [-0.2, 0) is 19.1 Å². The number of halogens is 3. The van der Waals surface area contributed by atoms with Gasteiger partial charge in [0.1, 0.15) is 0 Å². The second-order valence-corrected chi connectivity index (χ2v) is 6.36. The lowest BCUT2D eigenvalue weighted by molar-refractivity contribution is -0.138. The van der Waals surface area contributed by atoms with E-state index < -0.39 is 17.2 Å². The molecule has 0 radical (unpaired) electrons. The van der Waals surface area contributed by atoms with E-state index in [1.807, 2.05) is 11.4 Å². The number of nitrogens with one attached hydrogen (secondary N) is 1. The normalized spacial score (nSPS) is 14.9. The monoisotopic (exact) mass is 334 g/mol. The quantitative estimate of drug-likeness (QED) is 0.871. The van der Waals surface area contributed by atoms with Gasteiger partial charge in [-0.25, -0.2) is 4.79 Å². The summed E-state index contributed by atoms with van der Waals surface area (Å²) in [7, 11) is 0. The smallest absolute Gasteiger partial charge is 0.320 e. The van der Waals surface area contributed by atoms with E-state index in [1.54, 1.807) is 16.2 Å². The second-order valence-electron chi connectivity index (χ2n) is 4.38. The van der Waals surface area contributed by atoms with Crippen molar-refractivity contribution >= 4 is 33.8 Å². The van der Waals surface area contributed by atoms with Crippen molar-refractivity contribution in [2.75, 3.05) is 11.9 Å². The molecule has 0 saturated carbocycles. The van der Waals surface area contributed by atoms with Crippen molar-refractivity contribution in [2.24, 2.45) is 0 Å². The fourth-order valence-corrected chi connectivity index (χ4v) is 3.47. The molecule has 0 unspecified atom stereocenters. The van der Waals surface area contributed by atoms with Gasteiger partial charge in [0.25, 0.3) is 0 Å². The maximum atomic E-state index is 12.4. The largest absolute Gasteiger partial charge is 0.445 e. The van der Waals surface area contributed by atoms with E-state index in [4.69, 9.17) is 0 Å². The molecule has 1 aliphatic rings. The van der Waals surface area contributed by atoms with E-state index in [0.717, 1.165) is 12.0 Å². The summed E-state index contributed by atoms with van der Waals surface area (Å²) >= 11 is 1.96. The van der Waals surface area contributed by atoms with Crippen molar-refractivity contribution in [3.8, 4) is 0 Å². The first-order valence-corrected chi connectivity index (χ1v) is 7.65. The molecule has 1 N–H and O–H groups in total. The molecule has 0 saturated heterocycles. The van der Waals surface area contributed by atoms with Gasteiger partial charge in [0.05, 0.1) is 0 Å². The Balaban J connectivity index is 1.66. The maximum Gasteiger partial charge on any atom is 0.445 e. The number of alkyl halides is 3. The van der Waals surface area contributed by atoms with Crippen molar-refractivity contribution in [3.05, 3.63) is 26.9 Å². The molecule has 5 nitrogen and oxygen atoms in total. The number of carbonyl (C=O) groups excluding carboxylic acids is 1. The van der Waals surface area contributed by atoms with Crippen LogP contribution in [0, 0.1) is 0 Å². The molecule has 0 aliphatic carbocycles. The SMILES string of the molecule is O=C(Nc1nnc(C(F)(F)F)s1)N1CCc2sccc2C1. The lowest BCUT2D eigenvalue weighted by Gasteiger charge is -2.26. The highest BCUT2D eigenvalue weighted by Crippen LogP contribution is 2.33. The zero-order chi connectivity index (χ0) is 15.0. The summed E-state index contributed by atoms with van der Waals surface area (Å²) in [5.74, 6) is 0. The summed E-state index contributed by atoms with van der Waals surface area (Å²) in [5, 5.41) is 9.47. The predicted molar refractivity (Wildman–Crippen MR) is 72.4 cm³/mol. The molecule has 3 rings (SSSR count). The highest BCUT2D eigenvalue weighted by molar-refractivity contribution is 7.15. The fraction of sp³-hybridized carbons (Fsp3) is 0.364. The average molecular weight is 334 g/mol. The Morgan fingerprint density at radius 3 is 2.90 bits per heavy atom. The number of thiophene rings is 1. The van der Waals surface area contributed by atoms with E-state index >= 15 is 0 Å². The van der Waals surface area contributed by atoms with Gasteiger partial charge in [0.15, 0.2) is 0 Å². The zero-order valence-electron chi connectivity index (χ0n) is 10.5. The van der Waals surface area contributed by atoms with Crippen molar-refractivity contribution < 1.29 is 18.0 Å². The molecule has 0 aromatic carbocycles. The molecule has 2 aromatic heterocycles.